The molecule has 1 aliphatic heterocycles. The van der Waals surface area contributed by atoms with Crippen molar-refractivity contribution in [3.8, 4) is 5.69 Å². The Balaban J connectivity index is 1.68. The minimum absolute atomic E-state index is 0.120. The molecule has 112 valence electrons. The maximum Gasteiger partial charge on any atom is 0.117 e. The fraction of sp³-hybridized carbons (Fsp3) is 0.105. The van der Waals surface area contributed by atoms with Crippen LogP contribution in [0.15, 0.2) is 66.9 Å². The van der Waals surface area contributed by atoms with E-state index in [1.54, 1.807) is 11.3 Å². The van der Waals surface area contributed by atoms with Gasteiger partial charge < -0.3 is 4.57 Å². The van der Waals surface area contributed by atoms with Gasteiger partial charge in [-0.2, -0.15) is 0 Å². The Morgan fingerprint density at radius 3 is 2.83 bits per heavy atom. The summed E-state index contributed by atoms with van der Waals surface area (Å²) in [6.07, 6.45) is 2.14. The summed E-state index contributed by atoms with van der Waals surface area (Å²) in [7, 11) is 0. The van der Waals surface area contributed by atoms with E-state index >= 15 is 0 Å². The lowest BCUT2D eigenvalue weighted by molar-refractivity contribution is 0.599. The van der Waals surface area contributed by atoms with Crippen LogP contribution in [0.3, 0.4) is 0 Å². The summed E-state index contributed by atoms with van der Waals surface area (Å²) in [6, 6.07) is 21.3. The van der Waals surface area contributed by atoms with Crippen LogP contribution in [0.25, 0.3) is 15.9 Å². The van der Waals surface area contributed by atoms with E-state index in [2.05, 4.69) is 70.7 Å². The molecule has 23 heavy (non-hydrogen) atoms. The molecule has 0 bridgehead atoms. The second kappa shape index (κ2) is 5.05. The fourth-order valence-electron chi connectivity index (χ4n) is 3.29. The highest BCUT2D eigenvalue weighted by atomic mass is 32.1. The van der Waals surface area contributed by atoms with Gasteiger partial charge in [0.25, 0.3) is 0 Å². The van der Waals surface area contributed by atoms with Gasteiger partial charge in [0.05, 0.1) is 10.2 Å². The first-order valence-electron chi connectivity index (χ1n) is 7.74. The molecule has 0 fully saturated rings. The van der Waals surface area contributed by atoms with Crippen molar-refractivity contribution in [2.45, 2.75) is 12.6 Å². The van der Waals surface area contributed by atoms with Gasteiger partial charge in [0.1, 0.15) is 11.0 Å². The number of nitrogens with one attached hydrogen (secondary N) is 1. The number of rotatable bonds is 1. The van der Waals surface area contributed by atoms with Gasteiger partial charge in [-0.25, -0.2) is 4.98 Å². The van der Waals surface area contributed by atoms with Crippen molar-refractivity contribution >= 4 is 21.6 Å². The molecule has 0 amide bonds. The summed E-state index contributed by atoms with van der Waals surface area (Å²) in [5.74, 6) is 0. The zero-order valence-electron chi connectivity index (χ0n) is 12.4. The normalized spacial score (nSPS) is 16.8. The maximum absolute atomic E-state index is 4.86. The minimum atomic E-state index is 0.120. The zero-order chi connectivity index (χ0) is 15.2. The van der Waals surface area contributed by atoms with E-state index in [9.17, 15) is 0 Å². The average molecular weight is 317 g/mol. The zero-order valence-corrected chi connectivity index (χ0v) is 13.3. The van der Waals surface area contributed by atoms with E-state index in [4.69, 9.17) is 4.98 Å². The lowest BCUT2D eigenvalue weighted by atomic mass is 10.2. The molecule has 0 radical (unpaired) electrons. The molecular formula is C19H15N3S. The monoisotopic (exact) mass is 317 g/mol. The Bertz CT molecular complexity index is 965. The molecule has 5 rings (SSSR count). The first kappa shape index (κ1) is 13.0. The van der Waals surface area contributed by atoms with E-state index in [0.29, 0.717) is 0 Å². The molecule has 3 nitrogen and oxygen atoms in total. The van der Waals surface area contributed by atoms with Gasteiger partial charge in [-0.1, -0.05) is 30.3 Å². The third-order valence-corrected chi connectivity index (χ3v) is 5.48. The first-order valence-corrected chi connectivity index (χ1v) is 8.56. The van der Waals surface area contributed by atoms with Crippen LogP contribution in [-0.4, -0.2) is 9.55 Å². The summed E-state index contributed by atoms with van der Waals surface area (Å²) in [4.78, 5) is 4.86. The van der Waals surface area contributed by atoms with Gasteiger partial charge in [0.15, 0.2) is 0 Å². The van der Waals surface area contributed by atoms with E-state index in [-0.39, 0.29) is 6.04 Å². The summed E-state index contributed by atoms with van der Waals surface area (Å²) >= 11 is 1.77. The summed E-state index contributed by atoms with van der Waals surface area (Å²) in [5.41, 5.74) is 4.89. The molecule has 1 aliphatic rings. The average Bonchev–Trinajstić information content (AvgIpc) is 3.20. The van der Waals surface area contributed by atoms with Crippen molar-refractivity contribution in [3.05, 3.63) is 83.1 Å². The van der Waals surface area contributed by atoms with Gasteiger partial charge in [-0.3, -0.25) is 5.32 Å². The Labute approximate surface area is 138 Å². The van der Waals surface area contributed by atoms with E-state index < -0.39 is 0 Å². The lowest BCUT2D eigenvalue weighted by Crippen LogP contribution is -2.21. The van der Waals surface area contributed by atoms with Crippen LogP contribution in [0, 0.1) is 0 Å². The van der Waals surface area contributed by atoms with Crippen molar-refractivity contribution < 1.29 is 0 Å². The topological polar surface area (TPSA) is 29.9 Å². The van der Waals surface area contributed by atoms with Crippen LogP contribution in [-0.2, 0) is 6.54 Å². The van der Waals surface area contributed by atoms with Crippen molar-refractivity contribution in [1.29, 1.82) is 0 Å². The molecule has 4 heteroatoms. The first-order chi connectivity index (χ1) is 11.4. The number of hydrogen-bond acceptors (Lipinski definition) is 3. The van der Waals surface area contributed by atoms with Gasteiger partial charge in [0.2, 0.25) is 0 Å². The molecule has 0 saturated carbocycles. The molecular weight excluding hydrogens is 302 g/mol. The predicted molar refractivity (Wildman–Crippen MR) is 94.1 cm³/mol. The van der Waals surface area contributed by atoms with Crippen LogP contribution in [0.2, 0.25) is 0 Å². The predicted octanol–water partition coefficient (Wildman–Crippen LogP) is 4.28. The molecule has 4 aromatic rings. The van der Waals surface area contributed by atoms with Gasteiger partial charge >= 0.3 is 0 Å². The number of thiazole rings is 1. The SMILES string of the molecule is c1ccc2c(c1)CNC(c1nc3ccccc3s1)c1cccn1-2. The smallest absolute Gasteiger partial charge is 0.117 e. The van der Waals surface area contributed by atoms with Crippen LogP contribution < -0.4 is 5.32 Å². The van der Waals surface area contributed by atoms with E-state index in [1.165, 1.54) is 21.6 Å². The van der Waals surface area contributed by atoms with Gasteiger partial charge in [0, 0.05) is 24.1 Å². The third kappa shape index (κ3) is 2.03. The summed E-state index contributed by atoms with van der Waals surface area (Å²) in [6.45, 7) is 0.846. The van der Waals surface area contributed by atoms with Crippen molar-refractivity contribution in [2.24, 2.45) is 0 Å². The van der Waals surface area contributed by atoms with Crippen molar-refractivity contribution in [3.63, 3.8) is 0 Å². The molecule has 2 aromatic carbocycles. The third-order valence-electron chi connectivity index (χ3n) is 4.38. The summed E-state index contributed by atoms with van der Waals surface area (Å²) < 4.78 is 3.52. The summed E-state index contributed by atoms with van der Waals surface area (Å²) in [5, 5.41) is 4.81. The van der Waals surface area contributed by atoms with Gasteiger partial charge in [-0.15, -0.1) is 11.3 Å². The molecule has 0 spiro atoms. The van der Waals surface area contributed by atoms with Gasteiger partial charge in [-0.05, 0) is 35.9 Å². The molecule has 0 aliphatic carbocycles. The number of aromatic nitrogens is 2. The standard InChI is InChI=1S/C19H15N3S/c1-3-8-15-13(6-1)12-20-18(16-9-5-11-22(15)16)19-21-14-7-2-4-10-17(14)23-19/h1-11,18,20H,12H2. The lowest BCUT2D eigenvalue weighted by Gasteiger charge is -2.14. The quantitative estimate of drug-likeness (QED) is 0.568. The number of benzene rings is 2. The largest absolute Gasteiger partial charge is 0.319 e. The van der Waals surface area contributed by atoms with Crippen molar-refractivity contribution in [2.75, 3.05) is 0 Å². The molecule has 2 aromatic heterocycles. The minimum Gasteiger partial charge on any atom is -0.319 e. The second-order valence-corrected chi connectivity index (χ2v) is 6.83. The van der Waals surface area contributed by atoms with Crippen LogP contribution in [0.5, 0.6) is 0 Å². The molecule has 1 atom stereocenters. The van der Waals surface area contributed by atoms with Crippen molar-refractivity contribution in [1.82, 2.24) is 14.9 Å². The second-order valence-electron chi connectivity index (χ2n) is 5.77. The van der Waals surface area contributed by atoms with E-state index in [1.807, 2.05) is 6.07 Å². The molecule has 0 saturated heterocycles. The number of para-hydroxylation sites is 2. The Hall–Kier alpha value is -2.43. The Kier molecular flexibility index (Phi) is 2.86. The van der Waals surface area contributed by atoms with E-state index in [0.717, 1.165) is 17.1 Å². The molecule has 1 unspecified atom stereocenters. The van der Waals surface area contributed by atoms with Crippen LogP contribution in [0.1, 0.15) is 22.3 Å². The Morgan fingerprint density at radius 2 is 1.87 bits per heavy atom. The van der Waals surface area contributed by atoms with Crippen LogP contribution >= 0.6 is 11.3 Å². The highest BCUT2D eigenvalue weighted by molar-refractivity contribution is 7.18. The number of hydrogen-bond donors (Lipinski definition) is 1. The van der Waals surface area contributed by atoms with Crippen LogP contribution in [0.4, 0.5) is 0 Å². The highest BCUT2D eigenvalue weighted by Gasteiger charge is 2.25. The highest BCUT2D eigenvalue weighted by Crippen LogP contribution is 2.34. The fourth-order valence-corrected chi connectivity index (χ4v) is 4.34. The molecule has 1 N–H and O–H groups in total. The number of fused-ring (bicyclic) bond motifs is 4. The molecule has 3 heterocycles. The Morgan fingerprint density at radius 1 is 1.00 bits per heavy atom. The number of nitrogens with zero attached hydrogens (tertiary/aromatic N) is 2. The maximum atomic E-state index is 4.86.